The molecule has 0 aromatic heterocycles. The summed E-state index contributed by atoms with van der Waals surface area (Å²) in [6.07, 6.45) is 5.94. The maximum absolute atomic E-state index is 12.7. The lowest BCUT2D eigenvalue weighted by Gasteiger charge is -2.21. The van der Waals surface area contributed by atoms with Gasteiger partial charge in [-0.3, -0.25) is 19.5 Å². The standard InChI is InChI=1S/C20H32N4O3.HI/c1-5-21-19(23-12-20(2,3)27-4)22-9-6-10-24-17(25)15-13-7-8-14(11-13)16(15)18(24)26;/h7-8,13-16H,5-6,9-12H2,1-4H3,(H2,21,22,23);1H. The Labute approximate surface area is 184 Å². The fraction of sp³-hybridized carbons (Fsp3) is 0.750. The normalized spacial score (nSPS) is 28.6. The molecular formula is C20H33IN4O3. The van der Waals surface area contributed by atoms with Crippen LogP contribution in [0.2, 0.25) is 0 Å². The zero-order valence-electron chi connectivity index (χ0n) is 17.2. The zero-order valence-corrected chi connectivity index (χ0v) is 19.6. The molecule has 2 bridgehead atoms. The number of amides is 2. The van der Waals surface area contributed by atoms with E-state index in [0.29, 0.717) is 26.1 Å². The molecule has 2 fully saturated rings. The number of nitrogens with one attached hydrogen (secondary N) is 2. The van der Waals surface area contributed by atoms with Crippen LogP contribution >= 0.6 is 24.0 Å². The fourth-order valence-electron chi connectivity index (χ4n) is 4.30. The number of guanidine groups is 1. The van der Waals surface area contributed by atoms with E-state index >= 15 is 0 Å². The number of rotatable bonds is 8. The maximum Gasteiger partial charge on any atom is 0.233 e. The number of imide groups is 1. The van der Waals surface area contributed by atoms with Gasteiger partial charge in [0.25, 0.3) is 0 Å². The van der Waals surface area contributed by atoms with Crippen molar-refractivity contribution in [2.75, 3.05) is 33.3 Å². The lowest BCUT2D eigenvalue weighted by molar-refractivity contribution is -0.140. The van der Waals surface area contributed by atoms with Crippen molar-refractivity contribution in [1.29, 1.82) is 0 Å². The monoisotopic (exact) mass is 504 g/mol. The molecule has 0 aromatic carbocycles. The molecule has 3 aliphatic rings. The van der Waals surface area contributed by atoms with Crippen LogP contribution in [0, 0.1) is 23.7 Å². The number of aliphatic imine (C=N–C) groups is 1. The van der Waals surface area contributed by atoms with Crippen LogP contribution in [0.3, 0.4) is 0 Å². The summed E-state index contributed by atoms with van der Waals surface area (Å²) in [5.41, 5.74) is -0.318. The van der Waals surface area contributed by atoms with Crippen LogP contribution in [0.15, 0.2) is 17.1 Å². The van der Waals surface area contributed by atoms with Gasteiger partial charge in [0.05, 0.1) is 24.0 Å². The molecule has 8 heteroatoms. The Morgan fingerprint density at radius 3 is 2.36 bits per heavy atom. The summed E-state index contributed by atoms with van der Waals surface area (Å²) in [5, 5.41) is 6.48. The third kappa shape index (κ3) is 4.69. The van der Waals surface area contributed by atoms with Crippen molar-refractivity contribution in [3.63, 3.8) is 0 Å². The largest absolute Gasteiger partial charge is 0.377 e. The van der Waals surface area contributed by atoms with E-state index in [0.717, 1.165) is 18.9 Å². The number of nitrogens with zero attached hydrogens (tertiary/aromatic N) is 2. The van der Waals surface area contributed by atoms with Crippen LogP contribution in [-0.2, 0) is 14.3 Å². The molecule has 1 saturated carbocycles. The van der Waals surface area contributed by atoms with Crippen molar-refractivity contribution in [3.05, 3.63) is 12.2 Å². The number of allylic oxidation sites excluding steroid dienone is 2. The third-order valence-electron chi connectivity index (χ3n) is 5.93. The number of ether oxygens (including phenoxy) is 1. The first kappa shape index (κ1) is 23.1. The van der Waals surface area contributed by atoms with Gasteiger partial charge in [0.1, 0.15) is 0 Å². The molecule has 7 nitrogen and oxygen atoms in total. The molecule has 1 aliphatic heterocycles. The van der Waals surface area contributed by atoms with E-state index in [1.807, 2.05) is 20.8 Å². The maximum atomic E-state index is 12.7. The molecule has 0 spiro atoms. The smallest absolute Gasteiger partial charge is 0.233 e. The van der Waals surface area contributed by atoms with Gasteiger partial charge in [-0.05, 0) is 45.4 Å². The van der Waals surface area contributed by atoms with E-state index < -0.39 is 0 Å². The number of hydrogen-bond donors (Lipinski definition) is 2. The Hall–Kier alpha value is -1.16. The van der Waals surface area contributed by atoms with E-state index in [1.54, 1.807) is 7.11 Å². The van der Waals surface area contributed by atoms with E-state index in [-0.39, 0.29) is 65.1 Å². The van der Waals surface area contributed by atoms with Gasteiger partial charge in [0.2, 0.25) is 11.8 Å². The molecule has 2 amide bonds. The number of methoxy groups -OCH3 is 1. The Bertz CT molecular complexity index is 619. The highest BCUT2D eigenvalue weighted by atomic mass is 127. The Kier molecular flexibility index (Phi) is 7.89. The molecule has 2 N–H and O–H groups in total. The van der Waals surface area contributed by atoms with Crippen LogP contribution < -0.4 is 10.6 Å². The summed E-state index contributed by atoms with van der Waals surface area (Å²) >= 11 is 0. The number of halogens is 1. The van der Waals surface area contributed by atoms with E-state index in [9.17, 15) is 9.59 Å². The molecular weight excluding hydrogens is 471 g/mol. The van der Waals surface area contributed by atoms with Crippen molar-refractivity contribution >= 4 is 41.8 Å². The first-order chi connectivity index (χ1) is 12.9. The van der Waals surface area contributed by atoms with Crippen LogP contribution in [0.1, 0.15) is 33.6 Å². The minimum Gasteiger partial charge on any atom is -0.377 e. The lowest BCUT2D eigenvalue weighted by atomic mass is 9.85. The SMILES string of the molecule is CCNC(=NCC(C)(C)OC)NCCCN1C(=O)C2C3C=CC(C3)C2C1=O.I. The molecule has 4 atom stereocenters. The van der Waals surface area contributed by atoms with E-state index in [1.165, 1.54) is 4.90 Å². The predicted octanol–water partition coefficient (Wildman–Crippen LogP) is 1.78. The summed E-state index contributed by atoms with van der Waals surface area (Å²) in [7, 11) is 1.68. The Morgan fingerprint density at radius 1 is 1.21 bits per heavy atom. The summed E-state index contributed by atoms with van der Waals surface area (Å²) in [4.78, 5) is 31.4. The van der Waals surface area contributed by atoms with Gasteiger partial charge in [-0.15, -0.1) is 24.0 Å². The van der Waals surface area contributed by atoms with Gasteiger partial charge in [-0.25, -0.2) is 0 Å². The Balaban J connectivity index is 0.00000280. The lowest BCUT2D eigenvalue weighted by Crippen LogP contribution is -2.41. The van der Waals surface area contributed by atoms with Crippen molar-refractivity contribution in [2.45, 2.75) is 39.2 Å². The highest BCUT2D eigenvalue weighted by molar-refractivity contribution is 14.0. The molecule has 0 radical (unpaired) electrons. The topological polar surface area (TPSA) is 83.0 Å². The second-order valence-corrected chi connectivity index (χ2v) is 8.27. The second-order valence-electron chi connectivity index (χ2n) is 8.27. The predicted molar refractivity (Wildman–Crippen MR) is 120 cm³/mol. The number of carbonyl (C=O) groups excluding carboxylic acids is 2. The zero-order chi connectivity index (χ0) is 19.6. The van der Waals surface area contributed by atoms with Gasteiger partial charge < -0.3 is 15.4 Å². The van der Waals surface area contributed by atoms with E-state index in [4.69, 9.17) is 4.74 Å². The second kappa shape index (κ2) is 9.56. The van der Waals surface area contributed by atoms with Gasteiger partial charge >= 0.3 is 0 Å². The first-order valence-electron chi connectivity index (χ1n) is 9.99. The van der Waals surface area contributed by atoms with Gasteiger partial charge in [-0.2, -0.15) is 0 Å². The fourth-order valence-corrected chi connectivity index (χ4v) is 4.30. The number of fused-ring (bicyclic) bond motifs is 5. The molecule has 158 valence electrons. The average Bonchev–Trinajstić information content (AvgIpc) is 3.32. The molecule has 4 unspecified atom stereocenters. The van der Waals surface area contributed by atoms with Crippen molar-refractivity contribution in [3.8, 4) is 0 Å². The van der Waals surface area contributed by atoms with Gasteiger partial charge in [0, 0.05) is 26.7 Å². The molecule has 2 aliphatic carbocycles. The highest BCUT2D eigenvalue weighted by Crippen LogP contribution is 2.52. The highest BCUT2D eigenvalue weighted by Gasteiger charge is 2.58. The summed E-state index contributed by atoms with van der Waals surface area (Å²) in [5.74, 6) is 1.13. The molecule has 3 rings (SSSR count). The first-order valence-corrected chi connectivity index (χ1v) is 9.99. The quantitative estimate of drug-likeness (QED) is 0.132. The molecule has 1 saturated heterocycles. The molecule has 0 aromatic rings. The van der Waals surface area contributed by atoms with Crippen LogP contribution in [-0.4, -0.2) is 61.6 Å². The van der Waals surface area contributed by atoms with E-state index in [2.05, 4.69) is 27.8 Å². The molecule has 1 heterocycles. The number of likely N-dealkylation sites (tertiary alicyclic amines) is 1. The minimum absolute atomic E-state index is 0. The van der Waals surface area contributed by atoms with Gasteiger partial charge in [0.15, 0.2) is 5.96 Å². The minimum atomic E-state index is -0.318. The molecule has 28 heavy (non-hydrogen) atoms. The Morgan fingerprint density at radius 2 is 1.82 bits per heavy atom. The van der Waals surface area contributed by atoms with Crippen LogP contribution in [0.5, 0.6) is 0 Å². The van der Waals surface area contributed by atoms with Crippen LogP contribution in [0.25, 0.3) is 0 Å². The van der Waals surface area contributed by atoms with Crippen molar-refractivity contribution in [1.82, 2.24) is 15.5 Å². The number of carbonyl (C=O) groups is 2. The third-order valence-corrected chi connectivity index (χ3v) is 5.93. The summed E-state index contributed by atoms with van der Waals surface area (Å²) in [6.45, 7) is 8.42. The van der Waals surface area contributed by atoms with Gasteiger partial charge in [-0.1, -0.05) is 12.2 Å². The summed E-state index contributed by atoms with van der Waals surface area (Å²) in [6, 6.07) is 0. The van der Waals surface area contributed by atoms with Crippen LogP contribution in [0.4, 0.5) is 0 Å². The average molecular weight is 504 g/mol. The van der Waals surface area contributed by atoms with Crippen molar-refractivity contribution < 1.29 is 14.3 Å². The summed E-state index contributed by atoms with van der Waals surface area (Å²) < 4.78 is 5.39. The van der Waals surface area contributed by atoms with Crippen molar-refractivity contribution in [2.24, 2.45) is 28.7 Å². The number of hydrogen-bond acceptors (Lipinski definition) is 4.